The van der Waals surface area contributed by atoms with Crippen molar-refractivity contribution in [2.45, 2.75) is 19.3 Å². The van der Waals surface area contributed by atoms with Crippen molar-refractivity contribution >= 4 is 5.91 Å². The van der Waals surface area contributed by atoms with Crippen LogP contribution in [-0.4, -0.2) is 40.8 Å². The lowest BCUT2D eigenvalue weighted by Crippen LogP contribution is -2.39. The summed E-state index contributed by atoms with van der Waals surface area (Å²) in [6, 6.07) is 12.1. The molecule has 2 heterocycles. The number of nitrogens with zero attached hydrogens (tertiary/aromatic N) is 2. The Morgan fingerprint density at radius 3 is 2.53 bits per heavy atom. The number of fused-ring (bicyclic) bond motifs is 1. The van der Waals surface area contributed by atoms with Gasteiger partial charge in [0.1, 0.15) is 17.3 Å². The van der Waals surface area contributed by atoms with E-state index >= 15 is 0 Å². The average molecular weight is 445 g/mol. The predicted molar refractivity (Wildman–Crippen MR) is 108 cm³/mol. The van der Waals surface area contributed by atoms with E-state index in [1.807, 2.05) is 0 Å². The third-order valence-electron chi connectivity index (χ3n) is 5.07. The average Bonchev–Trinajstić information content (AvgIpc) is 2.77. The minimum atomic E-state index is -4.92. The molecule has 0 spiro atoms. The summed E-state index contributed by atoms with van der Waals surface area (Å²) in [4.78, 5) is 34.1. The third kappa shape index (κ3) is 4.43. The summed E-state index contributed by atoms with van der Waals surface area (Å²) in [6.07, 6.45) is -4.69. The Morgan fingerprint density at radius 1 is 1.12 bits per heavy atom. The molecule has 0 radical (unpaired) electrons. The first kappa shape index (κ1) is 21.4. The lowest BCUT2D eigenvalue weighted by Gasteiger charge is -2.28. The number of H-pyrrole nitrogens is 1. The zero-order valence-electron chi connectivity index (χ0n) is 16.9. The van der Waals surface area contributed by atoms with E-state index in [0.717, 1.165) is 6.07 Å². The van der Waals surface area contributed by atoms with Gasteiger partial charge in [-0.1, -0.05) is 12.1 Å². The molecule has 0 saturated heterocycles. The number of hydrogen-bond acceptors (Lipinski definition) is 5. The van der Waals surface area contributed by atoms with E-state index < -0.39 is 18.0 Å². The first-order chi connectivity index (χ1) is 15.2. The van der Waals surface area contributed by atoms with Gasteiger partial charge in [0.15, 0.2) is 0 Å². The molecule has 0 saturated carbocycles. The number of hydrogen-bond donors (Lipinski definition) is 1. The Balaban J connectivity index is 1.63. The van der Waals surface area contributed by atoms with Gasteiger partial charge in [-0.05, 0) is 42.8 Å². The molecule has 0 unspecified atom stereocenters. The predicted octanol–water partition coefficient (Wildman–Crippen LogP) is 3.54. The molecule has 0 fully saturated rings. The molecule has 1 aliphatic rings. The minimum absolute atomic E-state index is 0.0123. The number of amides is 1. The molecule has 0 atom stereocenters. The van der Waals surface area contributed by atoms with Gasteiger partial charge in [-0.15, -0.1) is 13.2 Å². The van der Waals surface area contributed by atoms with Crippen molar-refractivity contribution in [3.8, 4) is 22.9 Å². The van der Waals surface area contributed by atoms with Crippen LogP contribution in [-0.2, 0) is 13.0 Å². The van der Waals surface area contributed by atoms with Crippen LogP contribution >= 0.6 is 0 Å². The van der Waals surface area contributed by atoms with Gasteiger partial charge < -0.3 is 19.4 Å². The van der Waals surface area contributed by atoms with Gasteiger partial charge >= 0.3 is 6.36 Å². The second-order valence-electron chi connectivity index (χ2n) is 7.09. The largest absolute Gasteiger partial charge is 0.573 e. The van der Waals surface area contributed by atoms with Crippen LogP contribution in [0.25, 0.3) is 11.4 Å². The van der Waals surface area contributed by atoms with E-state index in [1.54, 1.807) is 24.3 Å². The number of rotatable bonds is 4. The van der Waals surface area contributed by atoms with Crippen LogP contribution in [0.5, 0.6) is 11.5 Å². The smallest absolute Gasteiger partial charge is 0.497 e. The fourth-order valence-corrected chi connectivity index (χ4v) is 3.53. The maximum Gasteiger partial charge on any atom is 0.573 e. The van der Waals surface area contributed by atoms with Crippen molar-refractivity contribution in [3.05, 3.63) is 75.7 Å². The Labute approximate surface area is 180 Å². The number of halogens is 3. The molecule has 10 heteroatoms. The zero-order valence-corrected chi connectivity index (χ0v) is 16.9. The molecule has 4 rings (SSSR count). The van der Waals surface area contributed by atoms with E-state index in [4.69, 9.17) is 4.74 Å². The number of para-hydroxylation sites is 1. The van der Waals surface area contributed by atoms with Crippen molar-refractivity contribution in [2.24, 2.45) is 0 Å². The number of carbonyl (C=O) groups excluding carboxylic acids is 1. The fourth-order valence-electron chi connectivity index (χ4n) is 3.53. The van der Waals surface area contributed by atoms with Gasteiger partial charge in [0.05, 0.1) is 24.9 Å². The van der Waals surface area contributed by atoms with Gasteiger partial charge in [-0.2, -0.15) is 0 Å². The summed E-state index contributed by atoms with van der Waals surface area (Å²) in [5.74, 6) is -0.241. The van der Waals surface area contributed by atoms with E-state index in [-0.39, 0.29) is 30.6 Å². The van der Waals surface area contributed by atoms with Gasteiger partial charge in [0, 0.05) is 17.7 Å². The van der Waals surface area contributed by atoms with Crippen LogP contribution in [0, 0.1) is 0 Å². The highest BCUT2D eigenvalue weighted by molar-refractivity contribution is 5.97. The van der Waals surface area contributed by atoms with Crippen LogP contribution in [0.4, 0.5) is 13.2 Å². The maximum atomic E-state index is 13.0. The highest BCUT2D eigenvalue weighted by Crippen LogP contribution is 2.28. The quantitative estimate of drug-likeness (QED) is 0.664. The van der Waals surface area contributed by atoms with E-state index in [1.165, 1.54) is 30.2 Å². The number of benzene rings is 2. The highest BCUT2D eigenvalue weighted by atomic mass is 19.4. The molecule has 1 aliphatic heterocycles. The maximum absolute atomic E-state index is 13.0. The zero-order chi connectivity index (χ0) is 22.9. The molecule has 1 N–H and O–H groups in total. The fraction of sp³-hybridized carbons (Fsp3) is 0.227. The summed E-state index contributed by atoms with van der Waals surface area (Å²) >= 11 is 0. The number of aromatic amines is 1. The number of aromatic nitrogens is 2. The number of methoxy groups -OCH3 is 1. The number of nitrogens with one attached hydrogen (secondary N) is 1. The number of ether oxygens (including phenoxy) is 2. The third-order valence-corrected chi connectivity index (χ3v) is 5.07. The van der Waals surface area contributed by atoms with Gasteiger partial charge in [0.2, 0.25) is 0 Å². The first-order valence-corrected chi connectivity index (χ1v) is 9.65. The molecule has 0 bridgehead atoms. The lowest BCUT2D eigenvalue weighted by molar-refractivity contribution is -0.274. The van der Waals surface area contributed by atoms with Gasteiger partial charge in [-0.25, -0.2) is 4.98 Å². The molecular formula is C22H18F3N3O4. The van der Waals surface area contributed by atoms with Crippen molar-refractivity contribution < 1.29 is 27.4 Å². The van der Waals surface area contributed by atoms with Crippen LogP contribution in [0.1, 0.15) is 21.6 Å². The SMILES string of the molecule is COc1ccc(-c2nc3c(c(=O)[nH]2)CCN(C(=O)c2ccccc2OC(F)(F)F)C3)cc1. The molecular weight excluding hydrogens is 427 g/mol. The number of carbonyl (C=O) groups is 1. The van der Waals surface area contributed by atoms with Crippen LogP contribution in [0.15, 0.2) is 53.3 Å². The van der Waals surface area contributed by atoms with Crippen molar-refractivity contribution in [1.82, 2.24) is 14.9 Å². The molecule has 1 amide bonds. The van der Waals surface area contributed by atoms with Gasteiger partial charge in [-0.3, -0.25) is 9.59 Å². The molecule has 2 aromatic carbocycles. The normalized spacial score (nSPS) is 13.4. The first-order valence-electron chi connectivity index (χ1n) is 9.65. The Kier molecular flexibility index (Phi) is 5.60. The second kappa shape index (κ2) is 8.37. The molecule has 3 aromatic rings. The van der Waals surface area contributed by atoms with E-state index in [9.17, 15) is 22.8 Å². The highest BCUT2D eigenvalue weighted by Gasteiger charge is 2.34. The molecule has 166 valence electrons. The topological polar surface area (TPSA) is 84.5 Å². The minimum Gasteiger partial charge on any atom is -0.497 e. The van der Waals surface area contributed by atoms with Crippen LogP contribution < -0.4 is 15.0 Å². The summed E-state index contributed by atoms with van der Waals surface area (Å²) in [7, 11) is 1.54. The molecule has 1 aromatic heterocycles. The Bertz CT molecular complexity index is 1210. The van der Waals surface area contributed by atoms with Crippen LogP contribution in [0.2, 0.25) is 0 Å². The summed E-state index contributed by atoms with van der Waals surface area (Å²) < 4.78 is 47.3. The standard InChI is InChI=1S/C22H18F3N3O4/c1-31-14-8-6-13(7-9-14)19-26-17-12-28(11-10-15(17)20(29)27-19)21(30)16-4-2-3-5-18(16)32-22(23,24)25/h2-9H,10-12H2,1H3,(H,26,27,29). The van der Waals surface area contributed by atoms with Gasteiger partial charge in [0.25, 0.3) is 11.5 Å². The second-order valence-corrected chi connectivity index (χ2v) is 7.09. The molecule has 7 nitrogen and oxygen atoms in total. The van der Waals surface area contributed by atoms with Crippen molar-refractivity contribution in [1.29, 1.82) is 0 Å². The van der Waals surface area contributed by atoms with E-state index in [0.29, 0.717) is 28.4 Å². The molecule has 0 aliphatic carbocycles. The Hall–Kier alpha value is -3.82. The number of alkyl halides is 3. The summed E-state index contributed by atoms with van der Waals surface area (Å²) in [5.41, 5.74) is 0.972. The van der Waals surface area contributed by atoms with Crippen LogP contribution in [0.3, 0.4) is 0 Å². The monoisotopic (exact) mass is 445 g/mol. The van der Waals surface area contributed by atoms with E-state index in [2.05, 4.69) is 14.7 Å². The summed E-state index contributed by atoms with van der Waals surface area (Å²) in [5, 5.41) is 0. The Morgan fingerprint density at radius 2 is 1.84 bits per heavy atom. The summed E-state index contributed by atoms with van der Waals surface area (Å²) in [6.45, 7) is 0.153. The van der Waals surface area contributed by atoms with Crippen molar-refractivity contribution in [2.75, 3.05) is 13.7 Å². The molecule has 32 heavy (non-hydrogen) atoms. The lowest BCUT2D eigenvalue weighted by atomic mass is 10.0. The van der Waals surface area contributed by atoms with Crippen molar-refractivity contribution in [3.63, 3.8) is 0 Å².